The number of anilines is 1. The molecule has 1 aromatic rings. The minimum Gasteiger partial charge on any atom is -0.454 e. The molecule has 1 saturated heterocycles. The number of rotatable bonds is 6. The quantitative estimate of drug-likeness (QED) is 0.648. The Hall–Kier alpha value is -2.49. The lowest BCUT2D eigenvalue weighted by Gasteiger charge is -2.24. The van der Waals surface area contributed by atoms with E-state index in [9.17, 15) is 18.0 Å². The summed E-state index contributed by atoms with van der Waals surface area (Å²) in [6.07, 6.45) is 1.06. The van der Waals surface area contributed by atoms with Gasteiger partial charge in [-0.05, 0) is 24.5 Å². The van der Waals surface area contributed by atoms with E-state index in [4.69, 9.17) is 9.47 Å². The van der Waals surface area contributed by atoms with E-state index in [1.807, 2.05) is 13.8 Å². The largest absolute Gasteiger partial charge is 0.454 e. The summed E-state index contributed by atoms with van der Waals surface area (Å²) in [4.78, 5) is 25.1. The van der Waals surface area contributed by atoms with Crippen LogP contribution in [0, 0.1) is 5.92 Å². The molecule has 2 heterocycles. The Labute approximate surface area is 164 Å². The third-order valence-corrected chi connectivity index (χ3v) is 6.76. The fourth-order valence-electron chi connectivity index (χ4n) is 3.17. The van der Waals surface area contributed by atoms with Gasteiger partial charge in [0.05, 0.1) is 11.5 Å². The average Bonchev–Trinajstić information content (AvgIpc) is 3.24. The minimum absolute atomic E-state index is 0.0668. The summed E-state index contributed by atoms with van der Waals surface area (Å²) in [6, 6.07) is 3.32. The van der Waals surface area contributed by atoms with Crippen molar-refractivity contribution in [2.75, 3.05) is 23.6 Å². The number of carbonyl (C=O) groups excluding carboxylic acids is 2. The molecule has 3 atom stereocenters. The second-order valence-corrected chi connectivity index (χ2v) is 9.37. The molecule has 0 aliphatic carbocycles. The van der Waals surface area contributed by atoms with Gasteiger partial charge in [-0.1, -0.05) is 20.3 Å². The number of carbonyl (C=O) groups is 2. The van der Waals surface area contributed by atoms with Crippen molar-refractivity contribution in [3.05, 3.63) is 18.2 Å². The summed E-state index contributed by atoms with van der Waals surface area (Å²) < 4.78 is 33.6. The highest BCUT2D eigenvalue weighted by Crippen LogP contribution is 2.34. The Kier molecular flexibility index (Phi) is 5.97. The first kappa shape index (κ1) is 20.2. The van der Waals surface area contributed by atoms with Crippen molar-refractivity contribution in [3.63, 3.8) is 0 Å². The molecule has 28 heavy (non-hydrogen) atoms. The first-order valence-electron chi connectivity index (χ1n) is 9.25. The van der Waals surface area contributed by atoms with Gasteiger partial charge in [-0.25, -0.2) is 13.2 Å². The minimum atomic E-state index is -3.10. The molecule has 9 nitrogen and oxygen atoms in total. The third-order valence-electron chi connectivity index (χ3n) is 4.99. The lowest BCUT2D eigenvalue weighted by atomic mass is 9.98. The number of ether oxygens (including phenoxy) is 2. The average molecular weight is 411 g/mol. The predicted octanol–water partition coefficient (Wildman–Crippen LogP) is 1.25. The molecule has 3 N–H and O–H groups in total. The summed E-state index contributed by atoms with van der Waals surface area (Å²) in [7, 11) is -3.10. The maximum absolute atomic E-state index is 12.8. The third kappa shape index (κ3) is 4.86. The number of hydrogen-bond acceptors (Lipinski definition) is 6. The first-order chi connectivity index (χ1) is 13.3. The number of nitrogens with one attached hydrogen (secondary N) is 3. The normalized spacial score (nSPS) is 21.6. The van der Waals surface area contributed by atoms with Crippen LogP contribution in [0.5, 0.6) is 11.5 Å². The second-order valence-electron chi connectivity index (χ2n) is 7.14. The van der Waals surface area contributed by atoms with Crippen LogP contribution < -0.4 is 25.4 Å². The number of hydrogen-bond donors (Lipinski definition) is 3. The van der Waals surface area contributed by atoms with Crippen LogP contribution in [0.15, 0.2) is 18.2 Å². The van der Waals surface area contributed by atoms with E-state index in [1.165, 1.54) is 0 Å². The van der Waals surface area contributed by atoms with Crippen molar-refractivity contribution in [1.82, 2.24) is 10.6 Å². The molecule has 0 spiro atoms. The van der Waals surface area contributed by atoms with E-state index in [0.717, 1.165) is 0 Å². The van der Waals surface area contributed by atoms with Crippen molar-refractivity contribution in [2.24, 2.45) is 5.92 Å². The monoisotopic (exact) mass is 411 g/mol. The van der Waals surface area contributed by atoms with E-state index in [-0.39, 0.29) is 30.1 Å². The Balaban J connectivity index is 1.62. The molecule has 1 aromatic carbocycles. The Morgan fingerprint density at radius 2 is 2.00 bits per heavy atom. The van der Waals surface area contributed by atoms with Gasteiger partial charge in [-0.3, -0.25) is 4.79 Å². The fraction of sp³-hybridized carbons (Fsp3) is 0.556. The van der Waals surface area contributed by atoms with Crippen molar-refractivity contribution in [2.45, 2.75) is 38.8 Å². The maximum Gasteiger partial charge on any atom is 0.315 e. The molecular weight excluding hydrogens is 386 g/mol. The van der Waals surface area contributed by atoms with Crippen molar-refractivity contribution < 1.29 is 27.5 Å². The van der Waals surface area contributed by atoms with Crippen LogP contribution in [0.1, 0.15) is 26.7 Å². The van der Waals surface area contributed by atoms with E-state index >= 15 is 0 Å². The number of benzene rings is 1. The molecule has 3 amide bonds. The Morgan fingerprint density at radius 1 is 1.25 bits per heavy atom. The van der Waals surface area contributed by atoms with E-state index in [2.05, 4.69) is 16.0 Å². The number of amides is 3. The summed E-state index contributed by atoms with van der Waals surface area (Å²) in [5, 5.41) is 8.12. The van der Waals surface area contributed by atoms with Gasteiger partial charge in [0.2, 0.25) is 12.7 Å². The predicted molar refractivity (Wildman–Crippen MR) is 103 cm³/mol. The maximum atomic E-state index is 12.8. The highest BCUT2D eigenvalue weighted by atomic mass is 32.2. The van der Waals surface area contributed by atoms with Crippen LogP contribution >= 0.6 is 0 Å². The summed E-state index contributed by atoms with van der Waals surface area (Å²) >= 11 is 0. The van der Waals surface area contributed by atoms with Gasteiger partial charge in [-0.2, -0.15) is 0 Å². The molecule has 2 aliphatic rings. The van der Waals surface area contributed by atoms with Crippen molar-refractivity contribution >= 4 is 27.5 Å². The molecule has 0 aromatic heterocycles. The van der Waals surface area contributed by atoms with Crippen molar-refractivity contribution in [1.29, 1.82) is 0 Å². The van der Waals surface area contributed by atoms with Gasteiger partial charge < -0.3 is 25.4 Å². The van der Waals surface area contributed by atoms with Crippen molar-refractivity contribution in [3.8, 4) is 11.5 Å². The van der Waals surface area contributed by atoms with E-state index in [0.29, 0.717) is 30.0 Å². The summed E-state index contributed by atoms with van der Waals surface area (Å²) in [6.45, 7) is 3.93. The van der Waals surface area contributed by atoms with Crippen LogP contribution in [-0.2, 0) is 14.6 Å². The lowest BCUT2D eigenvalue weighted by molar-refractivity contribution is -0.119. The SMILES string of the molecule is CC[C@@H](C)[C@H](NC(=O)N[C@H]1CCS(=O)(=O)C1)C(=O)Nc1ccc2c(c1)OCO2. The number of urea groups is 1. The van der Waals surface area contributed by atoms with Crippen LogP contribution in [0.3, 0.4) is 0 Å². The zero-order valence-electron chi connectivity index (χ0n) is 15.9. The van der Waals surface area contributed by atoms with Gasteiger partial charge in [0.1, 0.15) is 6.04 Å². The van der Waals surface area contributed by atoms with Gasteiger partial charge in [0, 0.05) is 17.8 Å². The number of sulfone groups is 1. The summed E-state index contributed by atoms with van der Waals surface area (Å²) in [5.41, 5.74) is 0.534. The van der Waals surface area contributed by atoms with Gasteiger partial charge in [0.15, 0.2) is 21.3 Å². The van der Waals surface area contributed by atoms with E-state index in [1.54, 1.807) is 18.2 Å². The topological polar surface area (TPSA) is 123 Å². The molecule has 2 aliphatic heterocycles. The molecule has 10 heteroatoms. The molecule has 3 rings (SSSR count). The molecule has 0 bridgehead atoms. The Morgan fingerprint density at radius 3 is 2.68 bits per heavy atom. The highest BCUT2D eigenvalue weighted by molar-refractivity contribution is 7.91. The van der Waals surface area contributed by atoms with Crippen LogP contribution in [0.2, 0.25) is 0 Å². The molecule has 0 unspecified atom stereocenters. The highest BCUT2D eigenvalue weighted by Gasteiger charge is 2.31. The lowest BCUT2D eigenvalue weighted by Crippen LogP contribution is -2.53. The second kappa shape index (κ2) is 8.26. The zero-order chi connectivity index (χ0) is 20.3. The fourth-order valence-corrected chi connectivity index (χ4v) is 4.85. The first-order valence-corrected chi connectivity index (χ1v) is 11.1. The zero-order valence-corrected chi connectivity index (χ0v) is 16.7. The van der Waals surface area contributed by atoms with Crippen LogP contribution in [0.25, 0.3) is 0 Å². The van der Waals surface area contributed by atoms with E-state index < -0.39 is 28.0 Å². The standard InChI is InChI=1S/C18H25N3O6S/c1-3-11(2)16(21-18(23)20-13-6-7-28(24,25)9-13)17(22)19-12-4-5-14-15(8-12)27-10-26-14/h4-5,8,11,13,16H,3,6-7,9-10H2,1-2H3,(H,19,22)(H2,20,21,23)/t11-,13+,16+/m1/s1. The molecule has 1 fully saturated rings. The number of fused-ring (bicyclic) bond motifs is 1. The van der Waals surface area contributed by atoms with Gasteiger partial charge in [-0.15, -0.1) is 0 Å². The van der Waals surface area contributed by atoms with Crippen LogP contribution in [-0.4, -0.2) is 50.7 Å². The summed E-state index contributed by atoms with van der Waals surface area (Å²) in [5.74, 6) is 0.677. The van der Waals surface area contributed by atoms with Gasteiger partial charge >= 0.3 is 6.03 Å². The smallest absolute Gasteiger partial charge is 0.315 e. The van der Waals surface area contributed by atoms with Crippen LogP contribution in [0.4, 0.5) is 10.5 Å². The van der Waals surface area contributed by atoms with Gasteiger partial charge in [0.25, 0.3) is 0 Å². The molecule has 0 saturated carbocycles. The molecule has 0 radical (unpaired) electrons. The molecule has 154 valence electrons. The Bertz CT molecular complexity index is 857. The molecular formula is C18H25N3O6S.